The van der Waals surface area contributed by atoms with Crippen LogP contribution >= 0.6 is 11.8 Å². The fourth-order valence-electron chi connectivity index (χ4n) is 2.27. The summed E-state index contributed by atoms with van der Waals surface area (Å²) in [6, 6.07) is 3.38. The first kappa shape index (κ1) is 14.7. The van der Waals surface area contributed by atoms with Crippen LogP contribution in [0.3, 0.4) is 0 Å². The van der Waals surface area contributed by atoms with E-state index >= 15 is 0 Å². The van der Waals surface area contributed by atoms with E-state index in [4.69, 9.17) is 5.73 Å². The molecule has 0 aliphatic carbocycles. The highest BCUT2D eigenvalue weighted by Gasteiger charge is 2.30. The summed E-state index contributed by atoms with van der Waals surface area (Å²) in [5.74, 6) is 0.848. The third-order valence-electron chi connectivity index (χ3n) is 3.46. The smallest absolute Gasteiger partial charge is 0.243 e. The van der Waals surface area contributed by atoms with Crippen molar-refractivity contribution in [1.29, 1.82) is 0 Å². The summed E-state index contributed by atoms with van der Waals surface area (Å²) in [7, 11) is -3.43. The predicted molar refractivity (Wildman–Crippen MR) is 81.0 cm³/mol. The highest BCUT2D eigenvalue weighted by atomic mass is 32.2. The number of benzene rings is 1. The van der Waals surface area contributed by atoms with Gasteiger partial charge in [0.25, 0.3) is 0 Å². The Morgan fingerprint density at radius 1 is 1.37 bits per heavy atom. The maximum Gasteiger partial charge on any atom is 0.243 e. The summed E-state index contributed by atoms with van der Waals surface area (Å²) < 4.78 is 27.0. The zero-order valence-corrected chi connectivity index (χ0v) is 13.1. The quantitative estimate of drug-likeness (QED) is 0.849. The van der Waals surface area contributed by atoms with Crippen LogP contribution in [0.15, 0.2) is 17.0 Å². The van der Waals surface area contributed by atoms with Crippen LogP contribution in [0.5, 0.6) is 0 Å². The molecule has 1 atom stereocenters. The van der Waals surface area contributed by atoms with Crippen molar-refractivity contribution >= 4 is 27.5 Å². The molecule has 19 heavy (non-hydrogen) atoms. The molecule has 1 unspecified atom stereocenters. The Kier molecular flexibility index (Phi) is 4.13. The molecule has 1 aromatic carbocycles. The van der Waals surface area contributed by atoms with Gasteiger partial charge in [-0.05, 0) is 37.1 Å². The SMILES string of the molecule is Cc1cc(N)cc(S(=O)(=O)N2CCSC(C)C2)c1C. The van der Waals surface area contributed by atoms with Crippen molar-refractivity contribution in [3.05, 3.63) is 23.3 Å². The van der Waals surface area contributed by atoms with E-state index in [0.29, 0.717) is 28.9 Å². The van der Waals surface area contributed by atoms with E-state index in [-0.39, 0.29) is 0 Å². The summed E-state index contributed by atoms with van der Waals surface area (Å²) in [4.78, 5) is 0.351. The second-order valence-corrected chi connectivity index (χ2v) is 8.46. The van der Waals surface area contributed by atoms with E-state index in [9.17, 15) is 8.42 Å². The Hall–Kier alpha value is -0.720. The Bertz CT molecular complexity index is 585. The van der Waals surface area contributed by atoms with Crippen LogP contribution in [0, 0.1) is 13.8 Å². The molecule has 0 spiro atoms. The van der Waals surface area contributed by atoms with Gasteiger partial charge in [0, 0.05) is 29.8 Å². The summed E-state index contributed by atoms with van der Waals surface area (Å²) in [5, 5.41) is 0.339. The van der Waals surface area contributed by atoms with E-state index in [1.54, 1.807) is 10.4 Å². The molecule has 106 valence electrons. The average Bonchev–Trinajstić information content (AvgIpc) is 2.33. The topological polar surface area (TPSA) is 63.4 Å². The molecule has 0 bridgehead atoms. The zero-order chi connectivity index (χ0) is 14.2. The predicted octanol–water partition coefficient (Wildman–Crippen LogP) is 2.01. The number of hydrogen-bond donors (Lipinski definition) is 1. The van der Waals surface area contributed by atoms with Crippen molar-refractivity contribution in [2.24, 2.45) is 0 Å². The minimum atomic E-state index is -3.43. The van der Waals surface area contributed by atoms with E-state index in [1.165, 1.54) is 0 Å². The van der Waals surface area contributed by atoms with Crippen molar-refractivity contribution in [2.45, 2.75) is 30.9 Å². The van der Waals surface area contributed by atoms with Gasteiger partial charge in [0.1, 0.15) is 0 Å². The highest BCUT2D eigenvalue weighted by Crippen LogP contribution is 2.28. The molecule has 2 rings (SSSR count). The Morgan fingerprint density at radius 3 is 2.68 bits per heavy atom. The minimum Gasteiger partial charge on any atom is -0.399 e. The molecule has 4 nitrogen and oxygen atoms in total. The van der Waals surface area contributed by atoms with E-state index in [1.807, 2.05) is 31.7 Å². The van der Waals surface area contributed by atoms with Crippen LogP contribution in [0.25, 0.3) is 0 Å². The number of nitrogens with zero attached hydrogens (tertiary/aromatic N) is 1. The molecule has 1 saturated heterocycles. The second-order valence-electron chi connectivity index (χ2n) is 5.01. The first-order valence-electron chi connectivity index (χ1n) is 6.31. The minimum absolute atomic E-state index is 0.339. The third-order valence-corrected chi connectivity index (χ3v) is 6.59. The molecule has 1 aliphatic heterocycles. The van der Waals surface area contributed by atoms with Crippen LogP contribution in [-0.4, -0.2) is 36.8 Å². The number of rotatable bonds is 2. The fraction of sp³-hybridized carbons (Fsp3) is 0.538. The molecule has 1 fully saturated rings. The lowest BCUT2D eigenvalue weighted by Gasteiger charge is -2.30. The summed E-state index contributed by atoms with van der Waals surface area (Å²) in [6.07, 6.45) is 0. The number of nitrogens with two attached hydrogens (primary N) is 1. The lowest BCUT2D eigenvalue weighted by Crippen LogP contribution is -2.41. The normalized spacial score (nSPS) is 21.5. The molecular weight excluding hydrogens is 280 g/mol. The standard InChI is InChI=1S/C13H20N2O2S2/c1-9-6-12(14)7-13(11(9)3)19(16,17)15-4-5-18-10(2)8-15/h6-7,10H,4-5,8,14H2,1-3H3. The van der Waals surface area contributed by atoms with Crippen molar-refractivity contribution in [1.82, 2.24) is 4.31 Å². The molecule has 0 saturated carbocycles. The number of aryl methyl sites for hydroxylation is 1. The first-order valence-corrected chi connectivity index (χ1v) is 8.79. The number of sulfonamides is 1. The van der Waals surface area contributed by atoms with Crippen LogP contribution < -0.4 is 5.73 Å². The van der Waals surface area contributed by atoms with Crippen LogP contribution in [0.4, 0.5) is 5.69 Å². The van der Waals surface area contributed by atoms with E-state index in [0.717, 1.165) is 16.9 Å². The van der Waals surface area contributed by atoms with E-state index < -0.39 is 10.0 Å². The molecule has 2 N–H and O–H groups in total. The van der Waals surface area contributed by atoms with Gasteiger partial charge >= 0.3 is 0 Å². The van der Waals surface area contributed by atoms with Gasteiger partial charge in [0.05, 0.1) is 4.90 Å². The fourth-order valence-corrected chi connectivity index (χ4v) is 5.35. The molecule has 6 heteroatoms. The maximum atomic E-state index is 12.7. The number of hydrogen-bond acceptors (Lipinski definition) is 4. The molecule has 1 heterocycles. The second kappa shape index (κ2) is 5.34. The van der Waals surface area contributed by atoms with Gasteiger partial charge in [-0.2, -0.15) is 16.1 Å². The van der Waals surface area contributed by atoms with Gasteiger partial charge in [-0.3, -0.25) is 0 Å². The number of thioether (sulfide) groups is 1. The zero-order valence-electron chi connectivity index (χ0n) is 11.5. The summed E-state index contributed by atoms with van der Waals surface area (Å²) >= 11 is 1.81. The van der Waals surface area contributed by atoms with E-state index in [2.05, 4.69) is 6.92 Å². The van der Waals surface area contributed by atoms with Crippen molar-refractivity contribution in [2.75, 3.05) is 24.6 Å². The van der Waals surface area contributed by atoms with Gasteiger partial charge in [0.2, 0.25) is 10.0 Å². The average molecular weight is 300 g/mol. The van der Waals surface area contributed by atoms with Gasteiger partial charge in [0.15, 0.2) is 0 Å². The lowest BCUT2D eigenvalue weighted by molar-refractivity contribution is 0.424. The Labute approximate surface area is 119 Å². The largest absolute Gasteiger partial charge is 0.399 e. The number of anilines is 1. The third kappa shape index (κ3) is 2.90. The van der Waals surface area contributed by atoms with Crippen molar-refractivity contribution in [3.8, 4) is 0 Å². The van der Waals surface area contributed by atoms with Gasteiger partial charge < -0.3 is 5.73 Å². The van der Waals surface area contributed by atoms with Gasteiger partial charge in [-0.25, -0.2) is 8.42 Å². The molecule has 0 aromatic heterocycles. The lowest BCUT2D eigenvalue weighted by atomic mass is 10.1. The first-order chi connectivity index (χ1) is 8.82. The van der Waals surface area contributed by atoms with Crippen LogP contribution in [-0.2, 0) is 10.0 Å². The Balaban J connectivity index is 2.45. The molecule has 0 amide bonds. The van der Waals surface area contributed by atoms with Crippen LogP contribution in [0.1, 0.15) is 18.1 Å². The molecular formula is C13H20N2O2S2. The maximum absolute atomic E-state index is 12.7. The van der Waals surface area contributed by atoms with Crippen LogP contribution in [0.2, 0.25) is 0 Å². The monoisotopic (exact) mass is 300 g/mol. The van der Waals surface area contributed by atoms with Crippen molar-refractivity contribution in [3.63, 3.8) is 0 Å². The molecule has 1 aromatic rings. The number of nitrogen functional groups attached to an aromatic ring is 1. The van der Waals surface area contributed by atoms with Gasteiger partial charge in [-0.15, -0.1) is 0 Å². The van der Waals surface area contributed by atoms with Gasteiger partial charge in [-0.1, -0.05) is 6.92 Å². The Morgan fingerprint density at radius 2 is 2.05 bits per heavy atom. The summed E-state index contributed by atoms with van der Waals surface area (Å²) in [5.41, 5.74) is 8.00. The molecule has 1 aliphatic rings. The highest BCUT2D eigenvalue weighted by molar-refractivity contribution is 8.00. The van der Waals surface area contributed by atoms with Crippen molar-refractivity contribution < 1.29 is 8.42 Å². The molecule has 0 radical (unpaired) electrons. The summed E-state index contributed by atoms with van der Waals surface area (Å²) in [6.45, 7) is 6.93.